The number of likely N-dealkylation sites (tertiary alicyclic amines) is 1. The molecule has 1 aliphatic heterocycles. The molecule has 1 aliphatic rings. The fourth-order valence-electron chi connectivity index (χ4n) is 2.61. The number of aliphatic carboxylic acids is 1. The third-order valence-corrected chi connectivity index (χ3v) is 4.27. The summed E-state index contributed by atoms with van der Waals surface area (Å²) >= 11 is 0. The number of hydrogen-bond donors (Lipinski definition) is 2. The summed E-state index contributed by atoms with van der Waals surface area (Å²) in [7, 11) is 0. The maximum absolute atomic E-state index is 12.4. The SMILES string of the molecule is C=CCOCC(NC(=O)C1CCCN(C(=O)C(C)CC)C1)C(=O)O. The lowest BCUT2D eigenvalue weighted by Gasteiger charge is -2.34. The Kier molecular flexibility index (Phi) is 8.46. The number of hydrogen-bond acceptors (Lipinski definition) is 4. The molecule has 1 saturated heterocycles. The van der Waals surface area contributed by atoms with Crippen molar-refractivity contribution in [3.05, 3.63) is 12.7 Å². The van der Waals surface area contributed by atoms with Gasteiger partial charge in [0.25, 0.3) is 0 Å². The molecule has 24 heavy (non-hydrogen) atoms. The van der Waals surface area contributed by atoms with Crippen LogP contribution in [0.15, 0.2) is 12.7 Å². The van der Waals surface area contributed by atoms with Gasteiger partial charge in [-0.3, -0.25) is 9.59 Å². The van der Waals surface area contributed by atoms with Gasteiger partial charge in [0.1, 0.15) is 0 Å². The van der Waals surface area contributed by atoms with Crippen LogP contribution < -0.4 is 5.32 Å². The van der Waals surface area contributed by atoms with Crippen molar-refractivity contribution in [2.45, 2.75) is 39.2 Å². The molecule has 0 bridgehead atoms. The molecule has 2 amide bonds. The van der Waals surface area contributed by atoms with E-state index in [4.69, 9.17) is 4.74 Å². The van der Waals surface area contributed by atoms with Crippen molar-refractivity contribution < 1.29 is 24.2 Å². The van der Waals surface area contributed by atoms with Gasteiger partial charge in [0.05, 0.1) is 19.1 Å². The van der Waals surface area contributed by atoms with E-state index in [0.29, 0.717) is 19.5 Å². The van der Waals surface area contributed by atoms with Crippen LogP contribution >= 0.6 is 0 Å². The quantitative estimate of drug-likeness (QED) is 0.483. The fourth-order valence-corrected chi connectivity index (χ4v) is 2.61. The van der Waals surface area contributed by atoms with Crippen molar-refractivity contribution in [2.24, 2.45) is 11.8 Å². The van der Waals surface area contributed by atoms with Crippen LogP contribution in [0.25, 0.3) is 0 Å². The predicted molar refractivity (Wildman–Crippen MR) is 89.3 cm³/mol. The summed E-state index contributed by atoms with van der Waals surface area (Å²) in [6.07, 6.45) is 3.66. The second kappa shape index (κ2) is 10.1. The number of nitrogens with zero attached hydrogens (tertiary/aromatic N) is 1. The maximum atomic E-state index is 12.4. The lowest BCUT2D eigenvalue weighted by atomic mass is 9.95. The number of carbonyl (C=O) groups excluding carboxylic acids is 2. The van der Waals surface area contributed by atoms with Gasteiger partial charge in [-0.1, -0.05) is 19.9 Å². The first kappa shape index (κ1) is 20.2. The van der Waals surface area contributed by atoms with E-state index in [2.05, 4.69) is 11.9 Å². The lowest BCUT2D eigenvalue weighted by molar-refractivity contribution is -0.145. The molecule has 0 radical (unpaired) electrons. The van der Waals surface area contributed by atoms with Gasteiger partial charge in [0.15, 0.2) is 6.04 Å². The third-order valence-electron chi connectivity index (χ3n) is 4.27. The largest absolute Gasteiger partial charge is 0.480 e. The topological polar surface area (TPSA) is 95.9 Å². The number of piperidine rings is 1. The van der Waals surface area contributed by atoms with E-state index in [-0.39, 0.29) is 36.9 Å². The van der Waals surface area contributed by atoms with Crippen molar-refractivity contribution in [1.29, 1.82) is 0 Å². The highest BCUT2D eigenvalue weighted by atomic mass is 16.5. The summed E-state index contributed by atoms with van der Waals surface area (Å²) < 4.78 is 5.12. The zero-order chi connectivity index (χ0) is 18.1. The highest BCUT2D eigenvalue weighted by molar-refractivity contribution is 5.86. The molecule has 1 rings (SSSR count). The average molecular weight is 340 g/mol. The van der Waals surface area contributed by atoms with Crippen molar-refractivity contribution in [1.82, 2.24) is 10.2 Å². The molecule has 0 spiro atoms. The van der Waals surface area contributed by atoms with Crippen molar-refractivity contribution >= 4 is 17.8 Å². The number of nitrogens with one attached hydrogen (secondary N) is 1. The van der Waals surface area contributed by atoms with Crippen LogP contribution in [0, 0.1) is 11.8 Å². The molecular formula is C17H28N2O5. The molecule has 136 valence electrons. The van der Waals surface area contributed by atoms with Gasteiger partial charge in [-0.25, -0.2) is 4.79 Å². The van der Waals surface area contributed by atoms with E-state index < -0.39 is 12.0 Å². The third kappa shape index (κ3) is 5.96. The second-order valence-electron chi connectivity index (χ2n) is 6.16. The zero-order valence-corrected chi connectivity index (χ0v) is 14.5. The highest BCUT2D eigenvalue weighted by Gasteiger charge is 2.32. The van der Waals surface area contributed by atoms with E-state index in [1.54, 1.807) is 4.90 Å². The molecule has 1 fully saturated rings. The molecule has 3 unspecified atom stereocenters. The van der Waals surface area contributed by atoms with Gasteiger partial charge in [-0.15, -0.1) is 6.58 Å². The summed E-state index contributed by atoms with van der Waals surface area (Å²) in [6.45, 7) is 8.42. The molecule has 1 heterocycles. The first-order chi connectivity index (χ1) is 11.4. The number of amides is 2. The Bertz CT molecular complexity index is 466. The minimum atomic E-state index is -1.14. The first-order valence-electron chi connectivity index (χ1n) is 8.41. The summed E-state index contributed by atoms with van der Waals surface area (Å²) in [6, 6.07) is -1.10. The molecule has 2 N–H and O–H groups in total. The van der Waals surface area contributed by atoms with E-state index in [1.165, 1.54) is 6.08 Å². The van der Waals surface area contributed by atoms with Crippen LogP contribution in [0.3, 0.4) is 0 Å². The molecule has 0 aromatic carbocycles. The molecule has 7 heteroatoms. The normalized spacial score (nSPS) is 20.1. The standard InChI is InChI=1S/C17H28N2O5/c1-4-9-24-11-14(17(22)23)18-15(20)13-7-6-8-19(10-13)16(21)12(3)5-2/h4,12-14H,1,5-11H2,2-3H3,(H,18,20)(H,22,23). The minimum absolute atomic E-state index is 0.0547. The lowest BCUT2D eigenvalue weighted by Crippen LogP contribution is -2.51. The monoisotopic (exact) mass is 340 g/mol. The average Bonchev–Trinajstić information content (AvgIpc) is 2.59. The molecule has 7 nitrogen and oxygen atoms in total. The molecule has 0 aliphatic carbocycles. The number of carbonyl (C=O) groups is 3. The Morgan fingerprint density at radius 1 is 1.46 bits per heavy atom. The van der Waals surface area contributed by atoms with E-state index in [0.717, 1.165) is 12.8 Å². The highest BCUT2D eigenvalue weighted by Crippen LogP contribution is 2.19. The van der Waals surface area contributed by atoms with E-state index >= 15 is 0 Å². The van der Waals surface area contributed by atoms with Crippen molar-refractivity contribution in [3.63, 3.8) is 0 Å². The molecule has 0 aromatic heterocycles. The van der Waals surface area contributed by atoms with Crippen molar-refractivity contribution in [3.8, 4) is 0 Å². The van der Waals surface area contributed by atoms with Crippen LogP contribution in [0.4, 0.5) is 0 Å². The Morgan fingerprint density at radius 2 is 2.17 bits per heavy atom. The van der Waals surface area contributed by atoms with Crippen LogP contribution in [0.2, 0.25) is 0 Å². The van der Waals surface area contributed by atoms with Crippen LogP contribution in [-0.2, 0) is 19.1 Å². The fraction of sp³-hybridized carbons (Fsp3) is 0.706. The number of ether oxygens (including phenoxy) is 1. The molecule has 0 saturated carbocycles. The van der Waals surface area contributed by atoms with Crippen LogP contribution in [-0.4, -0.2) is 60.1 Å². The maximum Gasteiger partial charge on any atom is 0.328 e. The Labute approximate surface area is 143 Å². The molecular weight excluding hydrogens is 312 g/mol. The van der Waals surface area contributed by atoms with Gasteiger partial charge in [-0.05, 0) is 19.3 Å². The molecule has 0 aromatic rings. The summed E-state index contributed by atoms with van der Waals surface area (Å²) in [4.78, 5) is 37.6. The summed E-state index contributed by atoms with van der Waals surface area (Å²) in [5.74, 6) is -1.87. The molecule has 3 atom stereocenters. The van der Waals surface area contributed by atoms with Crippen LogP contribution in [0.1, 0.15) is 33.1 Å². The predicted octanol–water partition coefficient (Wildman–Crippen LogP) is 1.04. The number of carboxylic acid groups (broad SMARTS) is 1. The Morgan fingerprint density at radius 3 is 2.75 bits per heavy atom. The summed E-state index contributed by atoms with van der Waals surface area (Å²) in [5.41, 5.74) is 0. The van der Waals surface area contributed by atoms with Crippen molar-refractivity contribution in [2.75, 3.05) is 26.3 Å². The number of carboxylic acids is 1. The second-order valence-corrected chi connectivity index (χ2v) is 6.16. The van der Waals surface area contributed by atoms with Gasteiger partial charge < -0.3 is 20.1 Å². The van der Waals surface area contributed by atoms with Gasteiger partial charge in [-0.2, -0.15) is 0 Å². The first-order valence-corrected chi connectivity index (χ1v) is 8.41. The van der Waals surface area contributed by atoms with Gasteiger partial charge in [0.2, 0.25) is 11.8 Å². The zero-order valence-electron chi connectivity index (χ0n) is 14.5. The number of rotatable bonds is 9. The van der Waals surface area contributed by atoms with Crippen LogP contribution in [0.5, 0.6) is 0 Å². The Hall–Kier alpha value is -1.89. The van der Waals surface area contributed by atoms with Gasteiger partial charge >= 0.3 is 5.97 Å². The smallest absolute Gasteiger partial charge is 0.328 e. The minimum Gasteiger partial charge on any atom is -0.480 e. The van der Waals surface area contributed by atoms with Gasteiger partial charge in [0, 0.05) is 19.0 Å². The summed E-state index contributed by atoms with van der Waals surface area (Å²) in [5, 5.41) is 11.7. The van der Waals surface area contributed by atoms with E-state index in [1.807, 2.05) is 13.8 Å². The Balaban J connectivity index is 2.60. The van der Waals surface area contributed by atoms with E-state index in [9.17, 15) is 19.5 Å².